The number of benzene rings is 1. The summed E-state index contributed by atoms with van der Waals surface area (Å²) in [5.74, 6) is 1.97. The summed E-state index contributed by atoms with van der Waals surface area (Å²) in [6.07, 6.45) is 3.87. The van der Waals surface area contributed by atoms with E-state index in [0.29, 0.717) is 0 Å². The monoisotopic (exact) mass is 219 g/mol. The normalized spacial score (nSPS) is 15.1. The molecule has 2 nitrogen and oxygen atoms in total. The highest BCUT2D eigenvalue weighted by Gasteiger charge is 2.20. The van der Waals surface area contributed by atoms with Crippen LogP contribution < -0.4 is 10.1 Å². The molecule has 1 aromatic rings. The molecule has 0 bridgehead atoms. The summed E-state index contributed by atoms with van der Waals surface area (Å²) < 4.78 is 5.72. The standard InChI is InChI=1S/C14H21NO/c1-2-9-16-14-6-4-3-5-13(14)11-15-10-12-7-8-12/h3-6,12,15H,2,7-11H2,1H3. The summed E-state index contributed by atoms with van der Waals surface area (Å²) in [6, 6.07) is 8.32. The highest BCUT2D eigenvalue weighted by Crippen LogP contribution is 2.28. The van der Waals surface area contributed by atoms with Crippen LogP contribution in [0.3, 0.4) is 0 Å². The topological polar surface area (TPSA) is 21.3 Å². The lowest BCUT2D eigenvalue weighted by molar-refractivity contribution is 0.313. The second-order valence-corrected chi connectivity index (χ2v) is 4.53. The largest absolute Gasteiger partial charge is 0.493 e. The molecule has 1 saturated carbocycles. The molecule has 2 heteroatoms. The fourth-order valence-corrected chi connectivity index (χ4v) is 1.74. The maximum atomic E-state index is 5.72. The zero-order chi connectivity index (χ0) is 11.2. The highest BCUT2D eigenvalue weighted by molar-refractivity contribution is 5.33. The molecule has 1 aliphatic carbocycles. The Labute approximate surface area is 98.0 Å². The molecule has 0 heterocycles. The Hall–Kier alpha value is -1.02. The van der Waals surface area contributed by atoms with E-state index < -0.39 is 0 Å². The first-order valence-corrected chi connectivity index (χ1v) is 6.31. The van der Waals surface area contributed by atoms with Gasteiger partial charge in [0.25, 0.3) is 0 Å². The van der Waals surface area contributed by atoms with Gasteiger partial charge >= 0.3 is 0 Å². The zero-order valence-electron chi connectivity index (χ0n) is 10.0. The molecule has 0 saturated heterocycles. The number of ether oxygens (including phenoxy) is 1. The van der Waals surface area contributed by atoms with Gasteiger partial charge in [0.05, 0.1) is 6.61 Å². The Morgan fingerprint density at radius 1 is 1.31 bits per heavy atom. The molecule has 2 rings (SSSR count). The van der Waals surface area contributed by atoms with Crippen molar-refractivity contribution >= 4 is 0 Å². The summed E-state index contributed by atoms with van der Waals surface area (Å²) in [5.41, 5.74) is 1.27. The van der Waals surface area contributed by atoms with Crippen molar-refractivity contribution in [3.8, 4) is 5.75 Å². The number of para-hydroxylation sites is 1. The molecule has 1 aliphatic rings. The van der Waals surface area contributed by atoms with Gasteiger partial charge in [-0.15, -0.1) is 0 Å². The van der Waals surface area contributed by atoms with Gasteiger partial charge in [-0.05, 0) is 37.8 Å². The predicted octanol–water partition coefficient (Wildman–Crippen LogP) is 2.98. The van der Waals surface area contributed by atoms with Gasteiger partial charge in [-0.2, -0.15) is 0 Å². The minimum Gasteiger partial charge on any atom is -0.493 e. The first kappa shape index (κ1) is 11.5. The van der Waals surface area contributed by atoms with Gasteiger partial charge < -0.3 is 10.1 Å². The lowest BCUT2D eigenvalue weighted by atomic mass is 10.2. The molecule has 0 aromatic heterocycles. The van der Waals surface area contributed by atoms with Crippen LogP contribution in [-0.4, -0.2) is 13.2 Å². The Morgan fingerprint density at radius 3 is 2.88 bits per heavy atom. The van der Waals surface area contributed by atoms with Crippen molar-refractivity contribution in [3.05, 3.63) is 29.8 Å². The first-order chi connectivity index (χ1) is 7.90. The van der Waals surface area contributed by atoms with Gasteiger partial charge in [-0.3, -0.25) is 0 Å². The fraction of sp³-hybridized carbons (Fsp3) is 0.571. The van der Waals surface area contributed by atoms with Crippen molar-refractivity contribution in [1.29, 1.82) is 0 Å². The molecule has 0 atom stereocenters. The minimum atomic E-state index is 0.805. The Morgan fingerprint density at radius 2 is 2.12 bits per heavy atom. The van der Waals surface area contributed by atoms with Crippen molar-refractivity contribution in [3.63, 3.8) is 0 Å². The van der Waals surface area contributed by atoms with Crippen molar-refractivity contribution in [1.82, 2.24) is 5.32 Å². The summed E-state index contributed by atoms with van der Waals surface area (Å²) in [4.78, 5) is 0. The van der Waals surface area contributed by atoms with Gasteiger partial charge in [-0.1, -0.05) is 25.1 Å². The Bertz CT molecular complexity index is 320. The third-order valence-electron chi connectivity index (χ3n) is 2.88. The molecule has 0 radical (unpaired) electrons. The maximum Gasteiger partial charge on any atom is 0.123 e. The summed E-state index contributed by atoms with van der Waals surface area (Å²) in [7, 11) is 0. The predicted molar refractivity (Wildman–Crippen MR) is 66.7 cm³/mol. The molecule has 0 amide bonds. The fourth-order valence-electron chi connectivity index (χ4n) is 1.74. The van der Waals surface area contributed by atoms with E-state index in [9.17, 15) is 0 Å². The average Bonchev–Trinajstić information content (AvgIpc) is 3.12. The lowest BCUT2D eigenvalue weighted by Crippen LogP contribution is -2.16. The number of hydrogen-bond acceptors (Lipinski definition) is 2. The van der Waals surface area contributed by atoms with Crippen LogP contribution in [0.5, 0.6) is 5.75 Å². The Kier molecular flexibility index (Phi) is 4.23. The quantitative estimate of drug-likeness (QED) is 0.761. The molecule has 0 spiro atoms. The molecular formula is C14H21NO. The summed E-state index contributed by atoms with van der Waals surface area (Å²) in [6.45, 7) is 5.02. The molecule has 1 aromatic carbocycles. The van der Waals surface area contributed by atoms with Gasteiger partial charge in [0.15, 0.2) is 0 Å². The molecule has 1 fully saturated rings. The molecule has 0 aliphatic heterocycles. The van der Waals surface area contributed by atoms with Crippen LogP contribution in [0.25, 0.3) is 0 Å². The highest BCUT2D eigenvalue weighted by atomic mass is 16.5. The van der Waals surface area contributed by atoms with E-state index in [-0.39, 0.29) is 0 Å². The molecule has 1 N–H and O–H groups in total. The van der Waals surface area contributed by atoms with E-state index in [2.05, 4.69) is 30.4 Å². The van der Waals surface area contributed by atoms with E-state index >= 15 is 0 Å². The lowest BCUT2D eigenvalue weighted by Gasteiger charge is -2.11. The first-order valence-electron chi connectivity index (χ1n) is 6.31. The third-order valence-corrected chi connectivity index (χ3v) is 2.88. The van der Waals surface area contributed by atoms with Crippen LogP contribution in [0.2, 0.25) is 0 Å². The van der Waals surface area contributed by atoms with E-state index in [0.717, 1.165) is 37.8 Å². The second kappa shape index (κ2) is 5.90. The maximum absolute atomic E-state index is 5.72. The molecule has 16 heavy (non-hydrogen) atoms. The van der Waals surface area contributed by atoms with E-state index in [4.69, 9.17) is 4.74 Å². The Balaban J connectivity index is 1.84. The van der Waals surface area contributed by atoms with E-state index in [1.807, 2.05) is 6.07 Å². The van der Waals surface area contributed by atoms with E-state index in [1.165, 1.54) is 18.4 Å². The van der Waals surface area contributed by atoms with Crippen LogP contribution in [0.15, 0.2) is 24.3 Å². The number of rotatable bonds is 7. The van der Waals surface area contributed by atoms with Crippen LogP contribution in [0, 0.1) is 5.92 Å². The van der Waals surface area contributed by atoms with Crippen LogP contribution in [0.1, 0.15) is 31.7 Å². The van der Waals surface area contributed by atoms with Crippen molar-refractivity contribution in [2.24, 2.45) is 5.92 Å². The molecule has 88 valence electrons. The van der Waals surface area contributed by atoms with Gasteiger partial charge in [0.1, 0.15) is 5.75 Å². The SMILES string of the molecule is CCCOc1ccccc1CNCC1CC1. The summed E-state index contributed by atoms with van der Waals surface area (Å²) >= 11 is 0. The smallest absolute Gasteiger partial charge is 0.123 e. The zero-order valence-corrected chi connectivity index (χ0v) is 10.0. The summed E-state index contributed by atoms with van der Waals surface area (Å²) in [5, 5.41) is 3.50. The molecule has 0 unspecified atom stereocenters. The van der Waals surface area contributed by atoms with Gasteiger partial charge in [-0.25, -0.2) is 0 Å². The van der Waals surface area contributed by atoms with Crippen molar-refractivity contribution in [2.75, 3.05) is 13.2 Å². The van der Waals surface area contributed by atoms with Gasteiger partial charge in [0, 0.05) is 12.1 Å². The van der Waals surface area contributed by atoms with Crippen LogP contribution >= 0.6 is 0 Å². The average molecular weight is 219 g/mol. The van der Waals surface area contributed by atoms with Crippen LogP contribution in [0.4, 0.5) is 0 Å². The number of hydrogen-bond donors (Lipinski definition) is 1. The van der Waals surface area contributed by atoms with Crippen LogP contribution in [-0.2, 0) is 6.54 Å². The van der Waals surface area contributed by atoms with E-state index in [1.54, 1.807) is 0 Å². The molecular weight excluding hydrogens is 198 g/mol. The minimum absolute atomic E-state index is 0.805. The number of nitrogens with one attached hydrogen (secondary N) is 1. The third kappa shape index (κ3) is 3.53. The second-order valence-electron chi connectivity index (χ2n) is 4.53. The van der Waals surface area contributed by atoms with Crippen molar-refractivity contribution in [2.45, 2.75) is 32.7 Å². The van der Waals surface area contributed by atoms with Crippen molar-refractivity contribution < 1.29 is 4.74 Å². The van der Waals surface area contributed by atoms with Gasteiger partial charge in [0.2, 0.25) is 0 Å².